The molecule has 0 saturated heterocycles. The molecule has 1 N–H and O–H groups in total. The van der Waals surface area contributed by atoms with E-state index < -0.39 is 0 Å². The zero-order valence-electron chi connectivity index (χ0n) is 11.7. The molecule has 0 bridgehead atoms. The van der Waals surface area contributed by atoms with Gasteiger partial charge < -0.3 is 10.1 Å². The summed E-state index contributed by atoms with van der Waals surface area (Å²) in [5.74, 6) is 1.40. The van der Waals surface area contributed by atoms with Crippen LogP contribution in [-0.2, 0) is 0 Å². The highest BCUT2D eigenvalue weighted by molar-refractivity contribution is 9.10. The predicted molar refractivity (Wildman–Crippen MR) is 87.4 cm³/mol. The van der Waals surface area contributed by atoms with Gasteiger partial charge in [0.05, 0.1) is 6.61 Å². The van der Waals surface area contributed by atoms with E-state index in [2.05, 4.69) is 51.6 Å². The first-order valence-corrected chi connectivity index (χ1v) is 7.67. The first kappa shape index (κ1) is 15.1. The summed E-state index contributed by atoms with van der Waals surface area (Å²) in [5, 5.41) is 3.26. The van der Waals surface area contributed by atoms with Gasteiger partial charge in [-0.3, -0.25) is 0 Å². The van der Waals surface area contributed by atoms with E-state index in [0.717, 1.165) is 29.8 Å². The molecule has 1 unspecified atom stereocenters. The molecule has 0 fully saturated rings. The predicted octanol–water partition coefficient (Wildman–Crippen LogP) is 4.22. The van der Waals surface area contributed by atoms with Crippen LogP contribution in [0.1, 0.15) is 17.9 Å². The summed E-state index contributed by atoms with van der Waals surface area (Å²) >= 11 is 3.42. The first-order valence-electron chi connectivity index (χ1n) is 6.87. The Morgan fingerprint density at radius 3 is 2.40 bits per heavy atom. The van der Waals surface area contributed by atoms with Crippen molar-refractivity contribution in [2.24, 2.45) is 0 Å². The molecule has 0 aliphatic rings. The molecule has 0 heterocycles. The van der Waals surface area contributed by atoms with Gasteiger partial charge in [-0.1, -0.05) is 46.3 Å². The number of hydrogen-bond donors (Lipinski definition) is 1. The Kier molecular flexibility index (Phi) is 6.09. The van der Waals surface area contributed by atoms with Crippen LogP contribution >= 0.6 is 15.9 Å². The largest absolute Gasteiger partial charge is 0.494 e. The zero-order chi connectivity index (χ0) is 14.2. The van der Waals surface area contributed by atoms with Crippen LogP contribution in [0.25, 0.3) is 0 Å². The summed E-state index contributed by atoms with van der Waals surface area (Å²) in [6.45, 7) is 1.69. The van der Waals surface area contributed by atoms with E-state index in [9.17, 15) is 0 Å². The van der Waals surface area contributed by atoms with Gasteiger partial charge in [-0.05, 0) is 49.2 Å². The number of nitrogens with one attached hydrogen (secondary N) is 1. The third-order valence-corrected chi connectivity index (χ3v) is 3.80. The number of likely N-dealkylation sites (N-methyl/N-ethyl adjacent to an activating group) is 1. The SMILES string of the molecule is CNCC(CCOc1ccc(Br)cc1)c1ccccc1. The minimum absolute atomic E-state index is 0.483. The van der Waals surface area contributed by atoms with Crippen LogP contribution in [0, 0.1) is 0 Å². The van der Waals surface area contributed by atoms with E-state index in [4.69, 9.17) is 4.74 Å². The second-order valence-corrected chi connectivity index (χ2v) is 5.67. The van der Waals surface area contributed by atoms with Gasteiger partial charge in [0.2, 0.25) is 0 Å². The lowest BCUT2D eigenvalue weighted by Crippen LogP contribution is -2.19. The van der Waals surface area contributed by atoms with Crippen LogP contribution in [0.15, 0.2) is 59.1 Å². The summed E-state index contributed by atoms with van der Waals surface area (Å²) < 4.78 is 6.88. The van der Waals surface area contributed by atoms with Crippen LogP contribution in [0.3, 0.4) is 0 Å². The fourth-order valence-electron chi connectivity index (χ4n) is 2.21. The minimum Gasteiger partial charge on any atom is -0.494 e. The Bertz CT molecular complexity index is 498. The van der Waals surface area contributed by atoms with Gasteiger partial charge >= 0.3 is 0 Å². The molecule has 0 aliphatic heterocycles. The minimum atomic E-state index is 0.483. The standard InChI is InChI=1S/C17H20BrNO/c1-19-13-15(14-5-3-2-4-6-14)11-12-20-17-9-7-16(18)8-10-17/h2-10,15,19H,11-13H2,1H3. The molecule has 2 nitrogen and oxygen atoms in total. The van der Waals surface area contributed by atoms with Crippen molar-refractivity contribution in [3.63, 3.8) is 0 Å². The summed E-state index contributed by atoms with van der Waals surface area (Å²) in [7, 11) is 1.99. The summed E-state index contributed by atoms with van der Waals surface area (Å²) in [5.41, 5.74) is 1.36. The lowest BCUT2D eigenvalue weighted by Gasteiger charge is -2.17. The average Bonchev–Trinajstić information content (AvgIpc) is 2.49. The van der Waals surface area contributed by atoms with Gasteiger partial charge in [-0.2, -0.15) is 0 Å². The van der Waals surface area contributed by atoms with Crippen molar-refractivity contribution in [1.29, 1.82) is 0 Å². The van der Waals surface area contributed by atoms with Crippen molar-refractivity contribution < 1.29 is 4.74 Å². The number of rotatable bonds is 7. The Balaban J connectivity index is 1.88. The van der Waals surface area contributed by atoms with Crippen molar-refractivity contribution in [2.45, 2.75) is 12.3 Å². The van der Waals surface area contributed by atoms with Crippen LogP contribution in [0.4, 0.5) is 0 Å². The van der Waals surface area contributed by atoms with Gasteiger partial charge in [0, 0.05) is 11.0 Å². The van der Waals surface area contributed by atoms with Crippen LogP contribution in [0.2, 0.25) is 0 Å². The normalized spacial score (nSPS) is 12.1. The van der Waals surface area contributed by atoms with Gasteiger partial charge in [0.25, 0.3) is 0 Å². The number of hydrogen-bond acceptors (Lipinski definition) is 2. The van der Waals surface area contributed by atoms with E-state index >= 15 is 0 Å². The molecule has 106 valence electrons. The molecule has 0 aromatic heterocycles. The molecule has 0 amide bonds. The molecule has 2 aromatic carbocycles. The smallest absolute Gasteiger partial charge is 0.119 e. The quantitative estimate of drug-likeness (QED) is 0.818. The molecule has 0 aliphatic carbocycles. The molecule has 3 heteroatoms. The van der Waals surface area contributed by atoms with E-state index in [1.165, 1.54) is 5.56 Å². The molecule has 20 heavy (non-hydrogen) atoms. The Morgan fingerprint density at radius 2 is 1.75 bits per heavy atom. The second kappa shape index (κ2) is 8.08. The molecule has 2 aromatic rings. The third-order valence-electron chi connectivity index (χ3n) is 3.27. The zero-order valence-corrected chi connectivity index (χ0v) is 13.3. The van der Waals surface area contributed by atoms with Crippen molar-refractivity contribution in [2.75, 3.05) is 20.2 Å². The van der Waals surface area contributed by atoms with Gasteiger partial charge in [-0.25, -0.2) is 0 Å². The van der Waals surface area contributed by atoms with Crippen LogP contribution in [0.5, 0.6) is 5.75 Å². The monoisotopic (exact) mass is 333 g/mol. The Hall–Kier alpha value is -1.32. The van der Waals surface area contributed by atoms with Crippen LogP contribution in [-0.4, -0.2) is 20.2 Å². The fourth-order valence-corrected chi connectivity index (χ4v) is 2.47. The van der Waals surface area contributed by atoms with E-state index in [1.54, 1.807) is 0 Å². The molecule has 0 spiro atoms. The number of ether oxygens (including phenoxy) is 1. The topological polar surface area (TPSA) is 21.3 Å². The Labute approximate surface area is 129 Å². The second-order valence-electron chi connectivity index (χ2n) is 4.76. The molecular formula is C17H20BrNO. The third kappa shape index (κ3) is 4.66. The van der Waals surface area contributed by atoms with Gasteiger partial charge in [-0.15, -0.1) is 0 Å². The van der Waals surface area contributed by atoms with Crippen LogP contribution < -0.4 is 10.1 Å². The van der Waals surface area contributed by atoms with Crippen molar-refractivity contribution in [3.8, 4) is 5.75 Å². The van der Waals surface area contributed by atoms with Gasteiger partial charge in [0.15, 0.2) is 0 Å². The Morgan fingerprint density at radius 1 is 1.05 bits per heavy atom. The summed E-state index contributed by atoms with van der Waals surface area (Å²) in [6, 6.07) is 18.6. The highest BCUT2D eigenvalue weighted by Gasteiger charge is 2.10. The van der Waals surface area contributed by atoms with E-state index in [1.807, 2.05) is 31.3 Å². The summed E-state index contributed by atoms with van der Waals surface area (Å²) in [6.07, 6.45) is 1.00. The lowest BCUT2D eigenvalue weighted by molar-refractivity contribution is 0.296. The molecule has 2 rings (SSSR count). The number of halogens is 1. The van der Waals surface area contributed by atoms with Crippen molar-refractivity contribution in [3.05, 3.63) is 64.6 Å². The highest BCUT2D eigenvalue weighted by Crippen LogP contribution is 2.20. The summed E-state index contributed by atoms with van der Waals surface area (Å²) in [4.78, 5) is 0. The van der Waals surface area contributed by atoms with E-state index in [0.29, 0.717) is 5.92 Å². The van der Waals surface area contributed by atoms with Gasteiger partial charge in [0.1, 0.15) is 5.75 Å². The maximum absolute atomic E-state index is 5.81. The number of benzene rings is 2. The van der Waals surface area contributed by atoms with Crippen molar-refractivity contribution >= 4 is 15.9 Å². The highest BCUT2D eigenvalue weighted by atomic mass is 79.9. The molecule has 0 radical (unpaired) electrons. The maximum Gasteiger partial charge on any atom is 0.119 e. The average molecular weight is 334 g/mol. The molecule has 1 atom stereocenters. The maximum atomic E-state index is 5.81. The fraction of sp³-hybridized carbons (Fsp3) is 0.294. The molecular weight excluding hydrogens is 314 g/mol. The molecule has 0 saturated carbocycles. The lowest BCUT2D eigenvalue weighted by atomic mass is 9.96. The first-order chi connectivity index (χ1) is 9.79. The van der Waals surface area contributed by atoms with E-state index in [-0.39, 0.29) is 0 Å². The van der Waals surface area contributed by atoms with Crippen molar-refractivity contribution in [1.82, 2.24) is 5.32 Å².